The van der Waals surface area contributed by atoms with Crippen LogP contribution < -0.4 is 0 Å². The number of unbranched alkanes of at least 4 members (excludes halogenated alkanes) is 3. The number of rotatable bonds is 6. The Morgan fingerprint density at radius 1 is 1.08 bits per heavy atom. The Morgan fingerprint density at radius 3 is 2.25 bits per heavy atom. The van der Waals surface area contributed by atoms with Gasteiger partial charge < -0.3 is 0 Å². The number of hydrogen-bond donors (Lipinski definition) is 0. The van der Waals surface area contributed by atoms with Crippen molar-refractivity contribution >= 4 is 0 Å². The average molecular weight is 168 g/mol. The molecule has 0 nitrogen and oxygen atoms in total. The van der Waals surface area contributed by atoms with Crippen LogP contribution in [0.3, 0.4) is 0 Å². The molecule has 0 amide bonds. The Labute approximate surface area is 78.1 Å². The molecule has 1 atom stereocenters. The first-order chi connectivity index (χ1) is 5.68. The lowest BCUT2D eigenvalue weighted by atomic mass is 9.97. The Hall–Kier alpha value is -0.260. The van der Waals surface area contributed by atoms with Gasteiger partial charge in [0.25, 0.3) is 0 Å². The number of allylic oxidation sites excluding steroid dienone is 2. The van der Waals surface area contributed by atoms with Gasteiger partial charge in [0.1, 0.15) is 0 Å². The van der Waals surface area contributed by atoms with E-state index in [9.17, 15) is 0 Å². The minimum absolute atomic E-state index is 0.742. The average Bonchev–Trinajstić information content (AvgIpc) is 2.03. The standard InChI is InChI=1S/C12H24/c1-5-6-7-8-9-10-12(4)11(2)3/h9-12H,5-8H2,1-4H3/b10-9+. The summed E-state index contributed by atoms with van der Waals surface area (Å²) in [5.41, 5.74) is 0. The summed E-state index contributed by atoms with van der Waals surface area (Å²) in [4.78, 5) is 0. The zero-order valence-corrected chi connectivity index (χ0v) is 9.14. The van der Waals surface area contributed by atoms with Crippen LogP contribution in [0.5, 0.6) is 0 Å². The third-order valence-corrected chi connectivity index (χ3v) is 2.47. The van der Waals surface area contributed by atoms with E-state index in [-0.39, 0.29) is 0 Å². The highest BCUT2D eigenvalue weighted by Gasteiger charge is 2.00. The fraction of sp³-hybridized carbons (Fsp3) is 0.833. The smallest absolute Gasteiger partial charge is 0.0239 e. The van der Waals surface area contributed by atoms with Gasteiger partial charge in [-0.15, -0.1) is 0 Å². The lowest BCUT2D eigenvalue weighted by Crippen LogP contribution is -1.98. The molecule has 0 bridgehead atoms. The molecule has 0 aromatic rings. The minimum Gasteiger partial charge on any atom is -0.0883 e. The van der Waals surface area contributed by atoms with E-state index in [2.05, 4.69) is 39.8 Å². The quantitative estimate of drug-likeness (QED) is 0.407. The first kappa shape index (κ1) is 11.7. The van der Waals surface area contributed by atoms with Crippen LogP contribution in [-0.4, -0.2) is 0 Å². The van der Waals surface area contributed by atoms with Crippen LogP contribution in [0.25, 0.3) is 0 Å². The van der Waals surface area contributed by atoms with Gasteiger partial charge in [0.15, 0.2) is 0 Å². The zero-order chi connectivity index (χ0) is 9.40. The van der Waals surface area contributed by atoms with Crippen LogP contribution in [0.1, 0.15) is 53.4 Å². The molecule has 0 N–H and O–H groups in total. The van der Waals surface area contributed by atoms with E-state index in [0.29, 0.717) is 0 Å². The maximum absolute atomic E-state index is 2.36. The third-order valence-electron chi connectivity index (χ3n) is 2.47. The molecule has 72 valence electrons. The van der Waals surface area contributed by atoms with Crippen LogP contribution in [-0.2, 0) is 0 Å². The molecule has 0 radical (unpaired) electrons. The normalized spacial score (nSPS) is 14.4. The molecule has 0 fully saturated rings. The van der Waals surface area contributed by atoms with Crippen molar-refractivity contribution in [3.63, 3.8) is 0 Å². The maximum Gasteiger partial charge on any atom is -0.0239 e. The first-order valence-corrected chi connectivity index (χ1v) is 5.35. The van der Waals surface area contributed by atoms with Crippen LogP contribution in [0.15, 0.2) is 12.2 Å². The van der Waals surface area contributed by atoms with Crippen molar-refractivity contribution in [2.75, 3.05) is 0 Å². The summed E-state index contributed by atoms with van der Waals surface area (Å²) in [5, 5.41) is 0. The first-order valence-electron chi connectivity index (χ1n) is 5.35. The highest BCUT2D eigenvalue weighted by Crippen LogP contribution is 2.11. The molecule has 0 aliphatic rings. The van der Waals surface area contributed by atoms with Gasteiger partial charge in [0.2, 0.25) is 0 Å². The summed E-state index contributed by atoms with van der Waals surface area (Å²) >= 11 is 0. The summed E-state index contributed by atoms with van der Waals surface area (Å²) in [6.07, 6.45) is 10.0. The van der Waals surface area contributed by atoms with Gasteiger partial charge in [0, 0.05) is 0 Å². The van der Waals surface area contributed by atoms with Gasteiger partial charge in [-0.05, 0) is 24.7 Å². The molecule has 0 saturated carbocycles. The summed E-state index contributed by atoms with van der Waals surface area (Å²) in [6, 6.07) is 0. The van der Waals surface area contributed by atoms with E-state index in [0.717, 1.165) is 11.8 Å². The second kappa shape index (κ2) is 7.39. The number of hydrogen-bond acceptors (Lipinski definition) is 0. The van der Waals surface area contributed by atoms with E-state index < -0.39 is 0 Å². The van der Waals surface area contributed by atoms with E-state index in [1.54, 1.807) is 0 Å². The molecular weight excluding hydrogens is 144 g/mol. The maximum atomic E-state index is 2.36. The molecular formula is C12H24. The highest BCUT2D eigenvalue weighted by atomic mass is 14.1. The lowest BCUT2D eigenvalue weighted by molar-refractivity contribution is 0.502. The molecule has 0 rings (SSSR count). The molecule has 0 aliphatic heterocycles. The Balaban J connectivity index is 3.35. The summed E-state index contributed by atoms with van der Waals surface area (Å²) in [5.74, 6) is 1.53. The highest BCUT2D eigenvalue weighted by molar-refractivity contribution is 4.87. The van der Waals surface area contributed by atoms with Crippen molar-refractivity contribution in [1.82, 2.24) is 0 Å². The largest absolute Gasteiger partial charge is 0.0883 e. The summed E-state index contributed by atoms with van der Waals surface area (Å²) < 4.78 is 0. The monoisotopic (exact) mass is 168 g/mol. The van der Waals surface area contributed by atoms with Crippen molar-refractivity contribution < 1.29 is 0 Å². The Morgan fingerprint density at radius 2 is 1.75 bits per heavy atom. The van der Waals surface area contributed by atoms with Gasteiger partial charge in [-0.2, -0.15) is 0 Å². The van der Waals surface area contributed by atoms with Gasteiger partial charge in [-0.3, -0.25) is 0 Å². The SMILES string of the molecule is CCCCC/C=C/C(C)C(C)C. The molecule has 0 aromatic carbocycles. The molecule has 0 heteroatoms. The van der Waals surface area contributed by atoms with Crippen LogP contribution in [0, 0.1) is 11.8 Å². The molecule has 0 saturated heterocycles. The summed E-state index contributed by atoms with van der Waals surface area (Å²) in [6.45, 7) is 9.10. The molecule has 0 aliphatic carbocycles. The Kier molecular flexibility index (Phi) is 7.23. The van der Waals surface area contributed by atoms with Gasteiger partial charge in [-0.25, -0.2) is 0 Å². The predicted molar refractivity (Wildman–Crippen MR) is 57.3 cm³/mol. The fourth-order valence-electron chi connectivity index (χ4n) is 1.05. The van der Waals surface area contributed by atoms with Gasteiger partial charge in [-0.1, -0.05) is 52.7 Å². The van der Waals surface area contributed by atoms with E-state index in [4.69, 9.17) is 0 Å². The molecule has 0 aromatic heterocycles. The van der Waals surface area contributed by atoms with E-state index in [1.807, 2.05) is 0 Å². The van der Waals surface area contributed by atoms with Crippen molar-refractivity contribution in [2.45, 2.75) is 53.4 Å². The second-order valence-corrected chi connectivity index (χ2v) is 4.03. The molecule has 0 heterocycles. The topological polar surface area (TPSA) is 0 Å². The summed E-state index contributed by atoms with van der Waals surface area (Å²) in [7, 11) is 0. The molecule has 12 heavy (non-hydrogen) atoms. The lowest BCUT2D eigenvalue weighted by Gasteiger charge is -2.09. The van der Waals surface area contributed by atoms with Crippen molar-refractivity contribution in [2.24, 2.45) is 11.8 Å². The van der Waals surface area contributed by atoms with E-state index >= 15 is 0 Å². The van der Waals surface area contributed by atoms with Crippen LogP contribution in [0.2, 0.25) is 0 Å². The van der Waals surface area contributed by atoms with Gasteiger partial charge in [0.05, 0.1) is 0 Å². The Bertz CT molecular complexity index is 111. The van der Waals surface area contributed by atoms with Crippen molar-refractivity contribution in [1.29, 1.82) is 0 Å². The van der Waals surface area contributed by atoms with Crippen molar-refractivity contribution in [3.8, 4) is 0 Å². The third kappa shape index (κ3) is 6.45. The molecule has 1 unspecified atom stereocenters. The predicted octanol–water partition coefficient (Wildman–Crippen LogP) is 4.42. The van der Waals surface area contributed by atoms with Gasteiger partial charge >= 0.3 is 0 Å². The minimum atomic E-state index is 0.742. The van der Waals surface area contributed by atoms with Crippen LogP contribution in [0.4, 0.5) is 0 Å². The van der Waals surface area contributed by atoms with E-state index in [1.165, 1.54) is 25.7 Å². The molecule has 0 spiro atoms. The fourth-order valence-corrected chi connectivity index (χ4v) is 1.05. The van der Waals surface area contributed by atoms with Crippen molar-refractivity contribution in [3.05, 3.63) is 12.2 Å². The van der Waals surface area contributed by atoms with Crippen LogP contribution >= 0.6 is 0 Å². The zero-order valence-electron chi connectivity index (χ0n) is 9.14. The second-order valence-electron chi connectivity index (χ2n) is 4.03.